The summed E-state index contributed by atoms with van der Waals surface area (Å²) < 4.78 is 0. The third-order valence-electron chi connectivity index (χ3n) is 2.27. The summed E-state index contributed by atoms with van der Waals surface area (Å²) in [5.74, 6) is 1.24. The Morgan fingerprint density at radius 1 is 1.19 bits per heavy atom. The summed E-state index contributed by atoms with van der Waals surface area (Å²) in [6.07, 6.45) is 4.64. The van der Waals surface area contributed by atoms with E-state index < -0.39 is 0 Å². The molecule has 0 aliphatic carbocycles. The quantitative estimate of drug-likeness (QED) is 0.749. The predicted octanol–water partition coefficient (Wildman–Crippen LogP) is 4.23. The minimum absolute atomic E-state index is 0.616. The molecule has 0 saturated heterocycles. The monoisotopic (exact) mass is 277 g/mol. The van der Waals surface area contributed by atoms with Crippen LogP contribution in [0.5, 0.6) is 0 Å². The van der Waals surface area contributed by atoms with Crippen LogP contribution in [0.25, 0.3) is 0 Å². The lowest BCUT2D eigenvalue weighted by atomic mass is 10.2. The average Bonchev–Trinajstić information content (AvgIpc) is 2.28. The molecule has 1 rings (SSSR count). The van der Waals surface area contributed by atoms with Gasteiger partial charge in [-0.1, -0.05) is 29.3 Å². The van der Waals surface area contributed by atoms with Crippen LogP contribution in [0.4, 0.5) is 0 Å². The van der Waals surface area contributed by atoms with Gasteiger partial charge in [-0.2, -0.15) is 11.8 Å². The van der Waals surface area contributed by atoms with E-state index in [1.807, 2.05) is 30.0 Å². The van der Waals surface area contributed by atoms with Gasteiger partial charge in [-0.25, -0.2) is 0 Å². The van der Waals surface area contributed by atoms with Crippen LogP contribution < -0.4 is 5.32 Å². The van der Waals surface area contributed by atoms with Crippen molar-refractivity contribution < 1.29 is 0 Å². The summed E-state index contributed by atoms with van der Waals surface area (Å²) in [6.45, 7) is 1.91. The van der Waals surface area contributed by atoms with Gasteiger partial charge in [0, 0.05) is 6.54 Å². The minimum Gasteiger partial charge on any atom is -0.313 e. The number of rotatable bonds is 7. The Morgan fingerprint density at radius 2 is 2.00 bits per heavy atom. The molecule has 1 aromatic carbocycles. The third kappa shape index (κ3) is 5.44. The highest BCUT2D eigenvalue weighted by Crippen LogP contribution is 2.22. The lowest BCUT2D eigenvalue weighted by molar-refractivity contribution is 0.644. The van der Waals surface area contributed by atoms with Crippen molar-refractivity contribution in [2.75, 3.05) is 18.6 Å². The highest BCUT2D eigenvalue weighted by Gasteiger charge is 1.98. The molecule has 90 valence electrons. The molecule has 0 aliphatic rings. The fourth-order valence-corrected chi connectivity index (χ4v) is 2.19. The number of thioether (sulfide) groups is 1. The number of halogens is 2. The Kier molecular flexibility index (Phi) is 7.30. The van der Waals surface area contributed by atoms with E-state index in [1.165, 1.54) is 24.2 Å². The Hall–Kier alpha value is 0.110. The second kappa shape index (κ2) is 8.24. The van der Waals surface area contributed by atoms with Crippen molar-refractivity contribution in [2.24, 2.45) is 0 Å². The van der Waals surface area contributed by atoms with E-state index in [0.717, 1.165) is 13.1 Å². The average molecular weight is 278 g/mol. The number of unbranched alkanes of at least 4 members (excludes halogenated alkanes) is 1. The number of hydrogen-bond acceptors (Lipinski definition) is 2. The number of nitrogens with one attached hydrogen (secondary N) is 1. The van der Waals surface area contributed by atoms with Gasteiger partial charge >= 0.3 is 0 Å². The fraction of sp³-hybridized carbons (Fsp3) is 0.500. The first-order valence-corrected chi connectivity index (χ1v) is 7.52. The van der Waals surface area contributed by atoms with Gasteiger partial charge in [-0.05, 0) is 49.1 Å². The van der Waals surface area contributed by atoms with Crippen LogP contribution in [0.2, 0.25) is 10.0 Å². The van der Waals surface area contributed by atoms with E-state index in [-0.39, 0.29) is 0 Å². The third-order valence-corrected chi connectivity index (χ3v) is 3.70. The van der Waals surface area contributed by atoms with E-state index >= 15 is 0 Å². The first-order chi connectivity index (χ1) is 7.74. The molecule has 0 amide bonds. The Morgan fingerprint density at radius 3 is 2.69 bits per heavy atom. The zero-order valence-electron chi connectivity index (χ0n) is 9.43. The van der Waals surface area contributed by atoms with Crippen LogP contribution in [0.15, 0.2) is 18.2 Å². The summed E-state index contributed by atoms with van der Waals surface area (Å²) >= 11 is 13.7. The molecule has 0 fully saturated rings. The zero-order chi connectivity index (χ0) is 11.8. The van der Waals surface area contributed by atoms with Crippen molar-refractivity contribution in [2.45, 2.75) is 19.4 Å². The maximum atomic E-state index is 5.93. The van der Waals surface area contributed by atoms with Crippen molar-refractivity contribution in [3.05, 3.63) is 33.8 Å². The fourth-order valence-electron chi connectivity index (χ4n) is 1.38. The van der Waals surface area contributed by atoms with Gasteiger partial charge in [0.2, 0.25) is 0 Å². The summed E-state index contributed by atoms with van der Waals surface area (Å²) in [5.41, 5.74) is 1.18. The molecule has 1 nitrogen and oxygen atoms in total. The number of hydrogen-bond donors (Lipinski definition) is 1. The van der Waals surface area contributed by atoms with Crippen molar-refractivity contribution in [3.63, 3.8) is 0 Å². The molecule has 1 N–H and O–H groups in total. The molecule has 0 bridgehead atoms. The molecule has 4 heteroatoms. The normalized spacial score (nSPS) is 10.7. The van der Waals surface area contributed by atoms with Crippen LogP contribution in [0.3, 0.4) is 0 Å². The lowest BCUT2D eigenvalue weighted by Crippen LogP contribution is -2.14. The molecular formula is C12H17Cl2NS. The molecule has 1 aromatic rings. The van der Waals surface area contributed by atoms with E-state index in [9.17, 15) is 0 Å². The van der Waals surface area contributed by atoms with Crippen LogP contribution in [-0.4, -0.2) is 18.6 Å². The van der Waals surface area contributed by atoms with Crippen molar-refractivity contribution in [3.8, 4) is 0 Å². The van der Waals surface area contributed by atoms with Crippen molar-refractivity contribution >= 4 is 35.0 Å². The van der Waals surface area contributed by atoms with Crippen molar-refractivity contribution in [1.29, 1.82) is 0 Å². The first-order valence-electron chi connectivity index (χ1n) is 5.37. The SMILES string of the molecule is CSCCCCNCc1ccc(Cl)c(Cl)c1. The van der Waals surface area contributed by atoms with Gasteiger partial charge in [-0.3, -0.25) is 0 Å². The molecule has 0 unspecified atom stereocenters. The van der Waals surface area contributed by atoms with Gasteiger partial charge < -0.3 is 5.32 Å². The lowest BCUT2D eigenvalue weighted by Gasteiger charge is -2.05. The molecule has 0 spiro atoms. The van der Waals surface area contributed by atoms with E-state index in [2.05, 4.69) is 11.6 Å². The maximum Gasteiger partial charge on any atom is 0.0595 e. The van der Waals surface area contributed by atoms with E-state index in [4.69, 9.17) is 23.2 Å². The maximum absolute atomic E-state index is 5.93. The predicted molar refractivity (Wildman–Crippen MR) is 75.8 cm³/mol. The van der Waals surface area contributed by atoms with Crippen LogP contribution in [-0.2, 0) is 6.54 Å². The Bertz CT molecular complexity index is 318. The Labute approximate surface area is 112 Å². The molecule has 0 heterocycles. The van der Waals surface area contributed by atoms with Gasteiger partial charge in [0.05, 0.1) is 10.0 Å². The smallest absolute Gasteiger partial charge is 0.0595 e. The van der Waals surface area contributed by atoms with Crippen molar-refractivity contribution in [1.82, 2.24) is 5.32 Å². The molecule has 0 saturated carbocycles. The summed E-state index contributed by atoms with van der Waals surface area (Å²) in [7, 11) is 0. The second-order valence-corrected chi connectivity index (χ2v) is 5.43. The second-order valence-electron chi connectivity index (χ2n) is 3.63. The van der Waals surface area contributed by atoms with Gasteiger partial charge in [0.1, 0.15) is 0 Å². The summed E-state index contributed by atoms with van der Waals surface area (Å²) in [5, 5.41) is 4.64. The highest BCUT2D eigenvalue weighted by molar-refractivity contribution is 7.98. The summed E-state index contributed by atoms with van der Waals surface area (Å²) in [6, 6.07) is 5.76. The molecular weight excluding hydrogens is 261 g/mol. The van der Waals surface area contributed by atoms with Crippen LogP contribution in [0.1, 0.15) is 18.4 Å². The first kappa shape index (κ1) is 14.2. The topological polar surface area (TPSA) is 12.0 Å². The largest absolute Gasteiger partial charge is 0.313 e. The van der Waals surface area contributed by atoms with Gasteiger partial charge in [-0.15, -0.1) is 0 Å². The Balaban J connectivity index is 2.19. The number of benzene rings is 1. The van der Waals surface area contributed by atoms with Crippen LogP contribution >= 0.6 is 35.0 Å². The molecule has 0 aromatic heterocycles. The molecule has 0 radical (unpaired) electrons. The standard InChI is InChI=1S/C12H17Cl2NS/c1-16-7-3-2-6-15-9-10-4-5-11(13)12(14)8-10/h4-5,8,15H,2-3,6-7,9H2,1H3. The van der Waals surface area contributed by atoms with Gasteiger partial charge in [0.25, 0.3) is 0 Å². The molecule has 16 heavy (non-hydrogen) atoms. The van der Waals surface area contributed by atoms with Crippen LogP contribution in [0, 0.1) is 0 Å². The minimum atomic E-state index is 0.616. The van der Waals surface area contributed by atoms with E-state index in [1.54, 1.807) is 0 Å². The van der Waals surface area contributed by atoms with Gasteiger partial charge in [0.15, 0.2) is 0 Å². The molecule has 0 aliphatic heterocycles. The molecule has 0 atom stereocenters. The van der Waals surface area contributed by atoms with E-state index in [0.29, 0.717) is 10.0 Å². The zero-order valence-corrected chi connectivity index (χ0v) is 11.8. The highest BCUT2D eigenvalue weighted by atomic mass is 35.5. The summed E-state index contributed by atoms with van der Waals surface area (Å²) in [4.78, 5) is 0.